The Morgan fingerprint density at radius 1 is 0.228 bits per heavy atom. The summed E-state index contributed by atoms with van der Waals surface area (Å²) in [4.78, 5) is 0. The van der Waals surface area contributed by atoms with Gasteiger partial charge in [0.1, 0.15) is 0 Å². The van der Waals surface area contributed by atoms with Gasteiger partial charge in [0.25, 0.3) is 0 Å². The Morgan fingerprint density at radius 2 is 0.596 bits per heavy atom. The summed E-state index contributed by atoms with van der Waals surface area (Å²) in [5.74, 6) is 0. The van der Waals surface area contributed by atoms with Crippen LogP contribution in [0.2, 0.25) is 0 Å². The van der Waals surface area contributed by atoms with Gasteiger partial charge in [-0.25, -0.2) is 0 Å². The van der Waals surface area contributed by atoms with Crippen molar-refractivity contribution in [3.05, 3.63) is 212 Å². The number of nitrogens with zero attached hydrogens (tertiary/aromatic N) is 3. The Bertz CT molecular complexity index is 3320. The molecule has 0 bridgehead atoms. The lowest BCUT2D eigenvalue weighted by Gasteiger charge is -2.14. The Morgan fingerprint density at radius 3 is 1.12 bits per heavy atom. The van der Waals surface area contributed by atoms with E-state index in [1.807, 2.05) is 0 Å². The van der Waals surface area contributed by atoms with Crippen LogP contribution in [0, 0.1) is 0 Å². The zero-order chi connectivity index (χ0) is 37.5. The minimum absolute atomic E-state index is 1.15. The second-order valence-electron chi connectivity index (χ2n) is 14.9. The number of aromatic nitrogens is 3. The molecule has 0 atom stereocenters. The molecule has 9 aromatic carbocycles. The van der Waals surface area contributed by atoms with Crippen LogP contribution in [0.25, 0.3) is 105 Å². The monoisotopic (exact) mass is 725 g/mol. The Labute approximate surface area is 329 Å². The van der Waals surface area contributed by atoms with Gasteiger partial charge in [-0.15, -0.1) is 0 Å². The second kappa shape index (κ2) is 12.5. The van der Waals surface area contributed by atoms with Crippen LogP contribution in [0.4, 0.5) is 0 Å². The Balaban J connectivity index is 1.17. The van der Waals surface area contributed by atoms with E-state index in [9.17, 15) is 0 Å². The maximum atomic E-state index is 2.44. The van der Waals surface area contributed by atoms with Gasteiger partial charge in [-0.1, -0.05) is 140 Å². The fourth-order valence-electron chi connectivity index (χ4n) is 9.45. The summed E-state index contributed by atoms with van der Waals surface area (Å²) in [6.07, 6.45) is 0. The maximum absolute atomic E-state index is 2.44. The molecule has 0 aliphatic rings. The minimum atomic E-state index is 1.15. The predicted molar refractivity (Wildman–Crippen MR) is 240 cm³/mol. The van der Waals surface area contributed by atoms with Crippen molar-refractivity contribution in [2.24, 2.45) is 0 Å². The van der Waals surface area contributed by atoms with Crippen LogP contribution in [0.5, 0.6) is 0 Å². The highest BCUT2D eigenvalue weighted by molar-refractivity contribution is 6.28. The van der Waals surface area contributed by atoms with Gasteiger partial charge in [0.15, 0.2) is 0 Å². The topological polar surface area (TPSA) is 14.8 Å². The summed E-state index contributed by atoms with van der Waals surface area (Å²) in [6.45, 7) is 0. The lowest BCUT2D eigenvalue weighted by molar-refractivity contribution is 1.16. The van der Waals surface area contributed by atoms with E-state index in [2.05, 4.69) is 226 Å². The van der Waals surface area contributed by atoms with Crippen molar-refractivity contribution in [2.75, 3.05) is 0 Å². The molecule has 266 valence electrons. The molecule has 12 aromatic rings. The number of rotatable bonds is 5. The Hall–Kier alpha value is -7.62. The third-order valence-corrected chi connectivity index (χ3v) is 11.8. The van der Waals surface area contributed by atoms with Crippen LogP contribution in [0.3, 0.4) is 0 Å². The number of hydrogen-bond acceptors (Lipinski definition) is 0. The van der Waals surface area contributed by atoms with Gasteiger partial charge in [0.05, 0.1) is 33.1 Å². The molecule has 12 rings (SSSR count). The molecule has 0 N–H and O–H groups in total. The average Bonchev–Trinajstić information content (AvgIpc) is 3.92. The first kappa shape index (κ1) is 31.7. The zero-order valence-corrected chi connectivity index (χ0v) is 31.0. The third kappa shape index (κ3) is 4.73. The van der Waals surface area contributed by atoms with E-state index in [4.69, 9.17) is 0 Å². The van der Waals surface area contributed by atoms with Crippen molar-refractivity contribution in [3.8, 4) is 39.3 Å². The molecular formula is C54H35N3. The molecule has 3 heteroatoms. The Kier molecular flexibility index (Phi) is 6.93. The van der Waals surface area contributed by atoms with E-state index in [1.165, 1.54) is 87.7 Å². The van der Waals surface area contributed by atoms with Gasteiger partial charge in [-0.2, -0.15) is 0 Å². The predicted octanol–water partition coefficient (Wildman–Crippen LogP) is 14.3. The number of para-hydroxylation sites is 6. The SMILES string of the molecule is c1ccc(-n2c3ccccc3c3c(-c4cccc(-c5cccc(-n6c7ccccc7c7ccccc76)c5)c4)c4c5ccccc5n(-c5ccccc5)c4cc32)cc1. The average molecular weight is 726 g/mol. The molecule has 0 radical (unpaired) electrons. The summed E-state index contributed by atoms with van der Waals surface area (Å²) < 4.78 is 7.29. The van der Waals surface area contributed by atoms with E-state index >= 15 is 0 Å². The molecule has 3 nitrogen and oxygen atoms in total. The van der Waals surface area contributed by atoms with Crippen LogP contribution in [0.1, 0.15) is 0 Å². The summed E-state index contributed by atoms with van der Waals surface area (Å²) in [7, 11) is 0. The molecule has 0 amide bonds. The molecule has 0 fully saturated rings. The highest BCUT2D eigenvalue weighted by Crippen LogP contribution is 2.47. The molecule has 0 saturated carbocycles. The summed E-state index contributed by atoms with van der Waals surface area (Å²) >= 11 is 0. The first-order chi connectivity index (χ1) is 28.3. The van der Waals surface area contributed by atoms with Crippen molar-refractivity contribution in [1.29, 1.82) is 0 Å². The molecular weight excluding hydrogens is 691 g/mol. The van der Waals surface area contributed by atoms with Gasteiger partial charge in [0, 0.05) is 54.9 Å². The van der Waals surface area contributed by atoms with Gasteiger partial charge in [-0.3, -0.25) is 0 Å². The normalized spacial score (nSPS) is 11.9. The van der Waals surface area contributed by atoms with Crippen LogP contribution >= 0.6 is 0 Å². The van der Waals surface area contributed by atoms with Crippen molar-refractivity contribution >= 4 is 65.4 Å². The lowest BCUT2D eigenvalue weighted by atomic mass is 9.92. The summed E-state index contributed by atoms with van der Waals surface area (Å²) in [5.41, 5.74) is 15.4. The quantitative estimate of drug-likeness (QED) is 0.168. The molecule has 57 heavy (non-hydrogen) atoms. The van der Waals surface area contributed by atoms with Crippen LogP contribution < -0.4 is 0 Å². The largest absolute Gasteiger partial charge is 0.309 e. The van der Waals surface area contributed by atoms with Crippen LogP contribution in [0.15, 0.2) is 212 Å². The molecule has 0 saturated heterocycles. The molecule has 0 spiro atoms. The highest BCUT2D eigenvalue weighted by Gasteiger charge is 2.24. The molecule has 0 unspecified atom stereocenters. The third-order valence-electron chi connectivity index (χ3n) is 11.8. The van der Waals surface area contributed by atoms with Crippen LogP contribution in [-0.4, -0.2) is 13.7 Å². The van der Waals surface area contributed by atoms with E-state index in [1.54, 1.807) is 0 Å². The summed E-state index contributed by atoms with van der Waals surface area (Å²) in [5, 5.41) is 7.53. The first-order valence-corrected chi connectivity index (χ1v) is 19.6. The number of fused-ring (bicyclic) bond motifs is 9. The molecule has 3 aromatic heterocycles. The first-order valence-electron chi connectivity index (χ1n) is 19.6. The highest BCUT2D eigenvalue weighted by atomic mass is 15.0. The minimum Gasteiger partial charge on any atom is -0.309 e. The van der Waals surface area contributed by atoms with Gasteiger partial charge in [0.2, 0.25) is 0 Å². The van der Waals surface area contributed by atoms with Crippen molar-refractivity contribution in [3.63, 3.8) is 0 Å². The van der Waals surface area contributed by atoms with Crippen molar-refractivity contribution in [2.45, 2.75) is 0 Å². The number of hydrogen-bond donors (Lipinski definition) is 0. The summed E-state index contributed by atoms with van der Waals surface area (Å²) in [6, 6.07) is 77.4. The van der Waals surface area contributed by atoms with Crippen molar-refractivity contribution in [1.82, 2.24) is 13.7 Å². The van der Waals surface area contributed by atoms with E-state index in [0.29, 0.717) is 0 Å². The lowest BCUT2D eigenvalue weighted by Crippen LogP contribution is -1.96. The maximum Gasteiger partial charge on any atom is 0.0568 e. The van der Waals surface area contributed by atoms with Gasteiger partial charge in [-0.05, 0) is 89.5 Å². The standard InChI is InChI=1S/C54H35N3/c1-3-20-39(21-4-1)55-48-31-13-9-27-44(48)53-50(55)35-51-54(45-28-10-14-32-49(45)56(51)40-22-5-2-6-23-40)52(53)38-19-15-17-36(33-38)37-18-16-24-41(34-37)57-46-29-11-7-25-42(46)43-26-8-12-30-47(43)57/h1-35H. The molecule has 3 heterocycles. The van der Waals surface area contributed by atoms with Crippen LogP contribution in [-0.2, 0) is 0 Å². The zero-order valence-electron chi connectivity index (χ0n) is 31.0. The number of benzene rings is 9. The smallest absolute Gasteiger partial charge is 0.0568 e. The fourth-order valence-corrected chi connectivity index (χ4v) is 9.45. The molecule has 0 aliphatic carbocycles. The molecule has 0 aliphatic heterocycles. The van der Waals surface area contributed by atoms with E-state index < -0.39 is 0 Å². The van der Waals surface area contributed by atoms with Crippen molar-refractivity contribution < 1.29 is 0 Å². The fraction of sp³-hybridized carbons (Fsp3) is 0. The van der Waals surface area contributed by atoms with E-state index in [-0.39, 0.29) is 0 Å². The van der Waals surface area contributed by atoms with Gasteiger partial charge < -0.3 is 13.7 Å². The second-order valence-corrected chi connectivity index (χ2v) is 14.9. The van der Waals surface area contributed by atoms with E-state index in [0.717, 1.165) is 17.1 Å². The van der Waals surface area contributed by atoms with Gasteiger partial charge >= 0.3 is 0 Å².